The van der Waals surface area contributed by atoms with Gasteiger partial charge in [0.25, 0.3) is 0 Å². The van der Waals surface area contributed by atoms with Gasteiger partial charge in [0.15, 0.2) is 11.6 Å². The summed E-state index contributed by atoms with van der Waals surface area (Å²) in [6.45, 7) is 0. The lowest BCUT2D eigenvalue weighted by molar-refractivity contribution is 0.437. The first kappa shape index (κ1) is 13.9. The Morgan fingerprint density at radius 2 is 1.84 bits per heavy atom. The quantitative estimate of drug-likeness (QED) is 0.850. The minimum absolute atomic E-state index is 0.0440. The summed E-state index contributed by atoms with van der Waals surface area (Å²) in [6.07, 6.45) is 0. The zero-order valence-electron chi connectivity index (χ0n) is 9.49. The Labute approximate surface area is 122 Å². The minimum Gasteiger partial charge on any atom is -0.453 e. The first-order valence-electron chi connectivity index (χ1n) is 5.20. The van der Waals surface area contributed by atoms with Gasteiger partial charge in [-0.15, -0.1) is 0 Å². The molecule has 0 unspecified atom stereocenters. The van der Waals surface area contributed by atoms with E-state index in [0.717, 1.165) is 0 Å². The Bertz CT molecular complexity index is 649. The molecule has 0 saturated carbocycles. The van der Waals surface area contributed by atoms with Crippen molar-refractivity contribution in [2.24, 2.45) is 5.73 Å². The van der Waals surface area contributed by atoms with Crippen molar-refractivity contribution < 1.29 is 13.5 Å². The molecule has 0 spiro atoms. The van der Waals surface area contributed by atoms with Crippen molar-refractivity contribution in [3.63, 3.8) is 0 Å². The maximum atomic E-state index is 13.6. The Balaban J connectivity index is 2.46. The van der Waals surface area contributed by atoms with E-state index in [1.54, 1.807) is 0 Å². The van der Waals surface area contributed by atoms with Crippen molar-refractivity contribution >= 4 is 33.1 Å². The van der Waals surface area contributed by atoms with Gasteiger partial charge in [-0.25, -0.2) is 8.78 Å². The lowest BCUT2D eigenvalue weighted by Gasteiger charge is -2.11. The number of rotatable bonds is 3. The molecule has 0 aliphatic heterocycles. The van der Waals surface area contributed by atoms with Gasteiger partial charge in [-0.1, -0.05) is 34.2 Å². The molecule has 0 aromatic heterocycles. The highest BCUT2D eigenvalue weighted by molar-refractivity contribution is 9.10. The molecule has 2 aromatic carbocycles. The van der Waals surface area contributed by atoms with E-state index in [0.29, 0.717) is 4.47 Å². The molecular weight excluding hydrogens is 336 g/mol. The highest BCUT2D eigenvalue weighted by Gasteiger charge is 2.14. The average molecular weight is 344 g/mol. The second kappa shape index (κ2) is 5.63. The average Bonchev–Trinajstić information content (AvgIpc) is 2.33. The number of ether oxygens (including phenoxy) is 1. The van der Waals surface area contributed by atoms with E-state index in [-0.39, 0.29) is 22.1 Å². The van der Waals surface area contributed by atoms with Gasteiger partial charge in [-0.05, 0) is 30.3 Å². The summed E-state index contributed by atoms with van der Waals surface area (Å²) in [5.74, 6) is -1.15. The van der Waals surface area contributed by atoms with Crippen LogP contribution in [0.4, 0.5) is 8.78 Å². The number of benzene rings is 2. The fourth-order valence-corrected chi connectivity index (χ4v) is 2.04. The molecular formula is C13H8BrF2NOS. The van der Waals surface area contributed by atoms with E-state index in [9.17, 15) is 8.78 Å². The Morgan fingerprint density at radius 3 is 2.53 bits per heavy atom. The van der Waals surface area contributed by atoms with Gasteiger partial charge in [-0.3, -0.25) is 0 Å². The molecule has 0 amide bonds. The summed E-state index contributed by atoms with van der Waals surface area (Å²) in [6, 6.07) is 8.31. The molecule has 0 saturated heterocycles. The molecule has 0 aliphatic rings. The van der Waals surface area contributed by atoms with Gasteiger partial charge in [0.05, 0.1) is 5.56 Å². The molecule has 0 radical (unpaired) electrons. The van der Waals surface area contributed by atoms with Crippen LogP contribution in [0.5, 0.6) is 11.5 Å². The van der Waals surface area contributed by atoms with E-state index in [1.165, 1.54) is 36.4 Å². The van der Waals surface area contributed by atoms with Gasteiger partial charge < -0.3 is 10.5 Å². The summed E-state index contributed by atoms with van der Waals surface area (Å²) in [5, 5.41) is 0. The molecule has 0 aliphatic carbocycles. The highest BCUT2D eigenvalue weighted by Crippen LogP contribution is 2.30. The maximum absolute atomic E-state index is 13.6. The lowest BCUT2D eigenvalue weighted by atomic mass is 10.2. The van der Waals surface area contributed by atoms with Crippen molar-refractivity contribution in [2.45, 2.75) is 0 Å². The lowest BCUT2D eigenvalue weighted by Crippen LogP contribution is -2.13. The molecule has 0 heterocycles. The van der Waals surface area contributed by atoms with Crippen LogP contribution in [0.15, 0.2) is 40.9 Å². The van der Waals surface area contributed by atoms with Crippen molar-refractivity contribution in [3.05, 3.63) is 58.1 Å². The van der Waals surface area contributed by atoms with Crippen LogP contribution in [0.1, 0.15) is 5.56 Å². The molecule has 98 valence electrons. The second-order valence-corrected chi connectivity index (χ2v) is 5.01. The van der Waals surface area contributed by atoms with Crippen LogP contribution in [0, 0.1) is 11.6 Å². The topological polar surface area (TPSA) is 35.2 Å². The van der Waals surface area contributed by atoms with Crippen LogP contribution < -0.4 is 10.5 Å². The third-order valence-electron chi connectivity index (χ3n) is 2.33. The van der Waals surface area contributed by atoms with Crippen molar-refractivity contribution in [1.29, 1.82) is 0 Å². The van der Waals surface area contributed by atoms with Gasteiger partial charge in [0.1, 0.15) is 16.6 Å². The van der Waals surface area contributed by atoms with E-state index < -0.39 is 11.6 Å². The van der Waals surface area contributed by atoms with Crippen molar-refractivity contribution in [2.75, 3.05) is 0 Å². The Kier molecular flexibility index (Phi) is 4.11. The Hall–Kier alpha value is -1.53. The summed E-state index contributed by atoms with van der Waals surface area (Å²) < 4.78 is 33.2. The number of nitrogens with two attached hydrogens (primary N) is 1. The second-order valence-electron chi connectivity index (χ2n) is 3.65. The monoisotopic (exact) mass is 343 g/mol. The van der Waals surface area contributed by atoms with Crippen molar-refractivity contribution in [3.8, 4) is 11.5 Å². The largest absolute Gasteiger partial charge is 0.453 e. The van der Waals surface area contributed by atoms with E-state index >= 15 is 0 Å². The fraction of sp³-hybridized carbons (Fsp3) is 0. The standard InChI is InChI=1S/C13H8BrF2NOS/c14-7-4-5-8(15)11(6-7)18-10-3-1-2-9(16)12(10)13(17)19/h1-6H,(H2,17,19). The normalized spacial score (nSPS) is 10.3. The van der Waals surface area contributed by atoms with Gasteiger partial charge in [-0.2, -0.15) is 0 Å². The first-order valence-corrected chi connectivity index (χ1v) is 6.40. The fourth-order valence-electron chi connectivity index (χ4n) is 1.50. The maximum Gasteiger partial charge on any atom is 0.165 e. The SMILES string of the molecule is NC(=S)c1c(F)cccc1Oc1cc(Br)ccc1F. The number of hydrogen-bond donors (Lipinski definition) is 1. The summed E-state index contributed by atoms with van der Waals surface area (Å²) in [4.78, 5) is -0.150. The zero-order chi connectivity index (χ0) is 14.0. The van der Waals surface area contributed by atoms with Crippen LogP contribution >= 0.6 is 28.1 Å². The van der Waals surface area contributed by atoms with Gasteiger partial charge >= 0.3 is 0 Å². The molecule has 0 fully saturated rings. The molecule has 19 heavy (non-hydrogen) atoms. The van der Waals surface area contributed by atoms with E-state index in [4.69, 9.17) is 22.7 Å². The number of halogens is 3. The highest BCUT2D eigenvalue weighted by atomic mass is 79.9. The van der Waals surface area contributed by atoms with E-state index in [2.05, 4.69) is 15.9 Å². The third kappa shape index (κ3) is 3.08. The van der Waals surface area contributed by atoms with Gasteiger partial charge in [0, 0.05) is 4.47 Å². The Morgan fingerprint density at radius 1 is 1.11 bits per heavy atom. The molecule has 2 N–H and O–H groups in total. The number of hydrogen-bond acceptors (Lipinski definition) is 2. The van der Waals surface area contributed by atoms with Crippen LogP contribution in [0.25, 0.3) is 0 Å². The zero-order valence-corrected chi connectivity index (χ0v) is 11.9. The predicted molar refractivity (Wildman–Crippen MR) is 76.5 cm³/mol. The molecule has 2 rings (SSSR count). The van der Waals surface area contributed by atoms with Gasteiger partial charge in [0.2, 0.25) is 0 Å². The van der Waals surface area contributed by atoms with Crippen LogP contribution in [0.2, 0.25) is 0 Å². The summed E-state index contributed by atoms with van der Waals surface area (Å²) in [5.41, 5.74) is 5.40. The molecule has 6 heteroatoms. The number of thiocarbonyl (C=S) groups is 1. The van der Waals surface area contributed by atoms with Crippen LogP contribution in [-0.4, -0.2) is 4.99 Å². The van der Waals surface area contributed by atoms with Crippen LogP contribution in [-0.2, 0) is 0 Å². The molecule has 0 bridgehead atoms. The van der Waals surface area contributed by atoms with Crippen molar-refractivity contribution in [1.82, 2.24) is 0 Å². The van der Waals surface area contributed by atoms with Crippen LogP contribution in [0.3, 0.4) is 0 Å². The predicted octanol–water partition coefficient (Wildman–Crippen LogP) is 4.15. The minimum atomic E-state index is -0.611. The molecule has 2 aromatic rings. The van der Waals surface area contributed by atoms with E-state index in [1.807, 2.05) is 0 Å². The molecule has 2 nitrogen and oxygen atoms in total. The molecule has 0 atom stereocenters. The first-order chi connectivity index (χ1) is 8.99. The smallest absolute Gasteiger partial charge is 0.165 e. The summed E-state index contributed by atoms with van der Waals surface area (Å²) in [7, 11) is 0. The summed E-state index contributed by atoms with van der Waals surface area (Å²) >= 11 is 7.97. The third-order valence-corrected chi connectivity index (χ3v) is 3.03.